The van der Waals surface area contributed by atoms with E-state index in [4.69, 9.17) is 0 Å². The van der Waals surface area contributed by atoms with Crippen molar-refractivity contribution in [3.63, 3.8) is 0 Å². The summed E-state index contributed by atoms with van der Waals surface area (Å²) in [7, 11) is 0. The number of hydrogen-bond acceptors (Lipinski definition) is 5. The van der Waals surface area contributed by atoms with Crippen molar-refractivity contribution in [2.24, 2.45) is 0 Å². The number of nitro benzene ring substituents is 1. The summed E-state index contributed by atoms with van der Waals surface area (Å²) < 4.78 is 0. The number of anilines is 2. The summed E-state index contributed by atoms with van der Waals surface area (Å²) in [6.07, 6.45) is 0. The van der Waals surface area contributed by atoms with Crippen molar-refractivity contribution in [2.45, 2.75) is 18.7 Å². The molecule has 0 radical (unpaired) electrons. The van der Waals surface area contributed by atoms with E-state index in [2.05, 4.69) is 10.6 Å². The Morgan fingerprint density at radius 1 is 0.968 bits per heavy atom. The van der Waals surface area contributed by atoms with Crippen molar-refractivity contribution in [1.29, 1.82) is 0 Å². The maximum Gasteiger partial charge on any atom is 0.269 e. The molecule has 0 saturated heterocycles. The van der Waals surface area contributed by atoms with Crippen LogP contribution < -0.4 is 10.6 Å². The Morgan fingerprint density at radius 2 is 1.71 bits per heavy atom. The van der Waals surface area contributed by atoms with Crippen LogP contribution in [0.15, 0.2) is 71.6 Å². The largest absolute Gasteiger partial charge is 0.325 e. The lowest BCUT2D eigenvalue weighted by molar-refractivity contribution is -0.384. The summed E-state index contributed by atoms with van der Waals surface area (Å²) in [6.45, 7) is 3.92. The van der Waals surface area contributed by atoms with E-state index in [0.717, 1.165) is 21.7 Å². The minimum atomic E-state index is -0.515. The molecule has 2 N–H and O–H groups in total. The predicted molar refractivity (Wildman–Crippen MR) is 123 cm³/mol. The number of hydrogen-bond donors (Lipinski definition) is 2. The zero-order chi connectivity index (χ0) is 22.4. The van der Waals surface area contributed by atoms with Gasteiger partial charge in [0.1, 0.15) is 0 Å². The Labute approximate surface area is 184 Å². The number of thioether (sulfide) groups is 1. The third-order valence-electron chi connectivity index (χ3n) is 4.47. The van der Waals surface area contributed by atoms with Crippen LogP contribution in [0.25, 0.3) is 0 Å². The second-order valence-corrected chi connectivity index (χ2v) is 7.99. The van der Waals surface area contributed by atoms with Gasteiger partial charge in [-0.05, 0) is 61.4 Å². The van der Waals surface area contributed by atoms with Crippen molar-refractivity contribution in [3.05, 3.63) is 93.5 Å². The van der Waals surface area contributed by atoms with Crippen LogP contribution >= 0.6 is 11.8 Å². The summed E-state index contributed by atoms with van der Waals surface area (Å²) in [5.41, 5.74) is 3.69. The van der Waals surface area contributed by atoms with E-state index in [-0.39, 0.29) is 23.3 Å². The number of nitro groups is 1. The SMILES string of the molecule is Cc1ccc(C)c(NC(=O)CSc2cccc(NC(=O)c3ccc([N+](=O)[O-])cc3)c2)c1. The van der Waals surface area contributed by atoms with Gasteiger partial charge in [0.2, 0.25) is 5.91 Å². The highest BCUT2D eigenvalue weighted by atomic mass is 32.2. The first-order valence-electron chi connectivity index (χ1n) is 9.47. The summed E-state index contributed by atoms with van der Waals surface area (Å²) in [4.78, 5) is 35.8. The van der Waals surface area contributed by atoms with Crippen LogP contribution in [0.4, 0.5) is 17.1 Å². The van der Waals surface area contributed by atoms with E-state index in [9.17, 15) is 19.7 Å². The molecule has 0 atom stereocenters. The number of aryl methyl sites for hydroxylation is 2. The van der Waals surface area contributed by atoms with E-state index < -0.39 is 4.92 Å². The number of carbonyl (C=O) groups excluding carboxylic acids is 2. The Kier molecular flexibility index (Phi) is 7.04. The van der Waals surface area contributed by atoms with Crippen LogP contribution in [0.2, 0.25) is 0 Å². The van der Waals surface area contributed by atoms with Gasteiger partial charge in [0.25, 0.3) is 11.6 Å². The number of rotatable bonds is 7. The lowest BCUT2D eigenvalue weighted by Crippen LogP contribution is -2.15. The standard InChI is InChI=1S/C23H21N3O4S/c1-15-6-7-16(2)21(12-15)25-22(27)14-31-20-5-3-4-18(13-20)24-23(28)17-8-10-19(11-9-17)26(29)30/h3-13H,14H2,1-2H3,(H,24,28)(H,25,27). The number of non-ortho nitro benzene ring substituents is 1. The summed E-state index contributed by atoms with van der Waals surface area (Å²) in [5, 5.41) is 16.4. The number of carbonyl (C=O) groups is 2. The third kappa shape index (κ3) is 6.16. The summed E-state index contributed by atoms with van der Waals surface area (Å²) in [5.74, 6) is -0.253. The molecule has 0 saturated carbocycles. The molecule has 0 bridgehead atoms. The van der Waals surface area contributed by atoms with Gasteiger partial charge >= 0.3 is 0 Å². The second kappa shape index (κ2) is 9.90. The van der Waals surface area contributed by atoms with Gasteiger partial charge in [-0.15, -0.1) is 11.8 Å². The van der Waals surface area contributed by atoms with Gasteiger partial charge in [-0.25, -0.2) is 0 Å². The minimum absolute atomic E-state index is 0.0749. The van der Waals surface area contributed by atoms with Crippen molar-refractivity contribution in [2.75, 3.05) is 16.4 Å². The molecular formula is C23H21N3O4S. The van der Waals surface area contributed by atoms with Crippen molar-refractivity contribution in [3.8, 4) is 0 Å². The van der Waals surface area contributed by atoms with Gasteiger partial charge in [-0.2, -0.15) is 0 Å². The normalized spacial score (nSPS) is 10.4. The highest BCUT2D eigenvalue weighted by Crippen LogP contribution is 2.23. The van der Waals surface area contributed by atoms with Gasteiger partial charge in [0, 0.05) is 34.0 Å². The highest BCUT2D eigenvalue weighted by molar-refractivity contribution is 8.00. The highest BCUT2D eigenvalue weighted by Gasteiger charge is 2.11. The van der Waals surface area contributed by atoms with Crippen molar-refractivity contribution >= 4 is 40.6 Å². The molecule has 8 heteroatoms. The lowest BCUT2D eigenvalue weighted by Gasteiger charge is -2.10. The average molecular weight is 436 g/mol. The van der Waals surface area contributed by atoms with Gasteiger partial charge in [0.05, 0.1) is 10.7 Å². The number of nitrogens with one attached hydrogen (secondary N) is 2. The molecule has 0 aromatic heterocycles. The van der Waals surface area contributed by atoms with Gasteiger partial charge in [-0.1, -0.05) is 18.2 Å². The van der Waals surface area contributed by atoms with Crippen LogP contribution in [-0.4, -0.2) is 22.5 Å². The molecule has 0 unspecified atom stereocenters. The molecule has 0 spiro atoms. The van der Waals surface area contributed by atoms with E-state index in [1.54, 1.807) is 18.2 Å². The molecule has 0 heterocycles. The Bertz CT molecular complexity index is 1130. The monoisotopic (exact) mass is 435 g/mol. The van der Waals surface area contributed by atoms with Gasteiger partial charge in [-0.3, -0.25) is 19.7 Å². The first kappa shape index (κ1) is 22.0. The first-order valence-corrected chi connectivity index (χ1v) is 10.5. The van der Waals surface area contributed by atoms with E-state index >= 15 is 0 Å². The Morgan fingerprint density at radius 3 is 2.42 bits per heavy atom. The number of amides is 2. The topological polar surface area (TPSA) is 101 Å². The van der Waals surface area contributed by atoms with Gasteiger partial charge in [0.15, 0.2) is 0 Å². The van der Waals surface area contributed by atoms with E-state index in [1.807, 2.05) is 38.1 Å². The molecule has 0 aliphatic carbocycles. The zero-order valence-corrected chi connectivity index (χ0v) is 17.9. The predicted octanol–water partition coefficient (Wildman–Crippen LogP) is 5.19. The van der Waals surface area contributed by atoms with E-state index in [0.29, 0.717) is 11.3 Å². The fourth-order valence-electron chi connectivity index (χ4n) is 2.81. The van der Waals surface area contributed by atoms with Crippen LogP contribution in [-0.2, 0) is 4.79 Å². The fourth-order valence-corrected chi connectivity index (χ4v) is 3.56. The molecule has 3 aromatic rings. The van der Waals surface area contributed by atoms with Gasteiger partial charge < -0.3 is 10.6 Å². The molecule has 31 heavy (non-hydrogen) atoms. The molecule has 3 rings (SSSR count). The lowest BCUT2D eigenvalue weighted by atomic mass is 10.1. The quantitative estimate of drug-likeness (QED) is 0.302. The minimum Gasteiger partial charge on any atom is -0.325 e. The first-order chi connectivity index (χ1) is 14.8. The smallest absolute Gasteiger partial charge is 0.269 e. The second-order valence-electron chi connectivity index (χ2n) is 6.94. The maximum absolute atomic E-state index is 12.4. The molecule has 3 aromatic carbocycles. The maximum atomic E-state index is 12.4. The molecule has 0 aliphatic rings. The molecule has 2 amide bonds. The molecule has 0 aliphatic heterocycles. The third-order valence-corrected chi connectivity index (χ3v) is 5.46. The average Bonchev–Trinajstić information content (AvgIpc) is 2.75. The summed E-state index contributed by atoms with van der Waals surface area (Å²) >= 11 is 1.36. The van der Waals surface area contributed by atoms with Crippen molar-refractivity contribution in [1.82, 2.24) is 0 Å². The zero-order valence-electron chi connectivity index (χ0n) is 17.0. The van der Waals surface area contributed by atoms with Crippen LogP contribution in [0.1, 0.15) is 21.5 Å². The molecule has 158 valence electrons. The summed E-state index contributed by atoms with van der Waals surface area (Å²) in [6, 6.07) is 18.5. The van der Waals surface area contributed by atoms with Crippen molar-refractivity contribution < 1.29 is 14.5 Å². The van der Waals surface area contributed by atoms with Crippen LogP contribution in [0.3, 0.4) is 0 Å². The molecular weight excluding hydrogens is 414 g/mol. The molecule has 0 fully saturated rings. The Hall–Kier alpha value is -3.65. The van der Waals surface area contributed by atoms with Crippen LogP contribution in [0.5, 0.6) is 0 Å². The fraction of sp³-hybridized carbons (Fsp3) is 0.130. The Balaban J connectivity index is 1.58. The van der Waals surface area contributed by atoms with Crippen LogP contribution in [0, 0.1) is 24.0 Å². The molecule has 7 nitrogen and oxygen atoms in total. The number of nitrogens with zero attached hydrogens (tertiary/aromatic N) is 1. The number of benzene rings is 3. The van der Waals surface area contributed by atoms with E-state index in [1.165, 1.54) is 36.0 Å².